The van der Waals surface area contributed by atoms with Crippen molar-refractivity contribution in [2.24, 2.45) is 0 Å². The van der Waals surface area contributed by atoms with E-state index >= 15 is 0 Å². The fourth-order valence-electron chi connectivity index (χ4n) is 8.67. The molecule has 33 nitrogen and oxygen atoms in total. The first-order chi connectivity index (χ1) is 44.6. The molecule has 0 saturated carbocycles. The van der Waals surface area contributed by atoms with Gasteiger partial charge in [0, 0.05) is 63.9 Å². The number of nitrogens with zero attached hydrogens (tertiary/aromatic N) is 5. The van der Waals surface area contributed by atoms with Gasteiger partial charge < -0.3 is 91.7 Å². The molecule has 5 amide bonds. The number of rotatable bonds is 11. The van der Waals surface area contributed by atoms with Crippen LogP contribution in [0, 0.1) is 30.3 Å². The number of methoxy groups -OCH3 is 4. The summed E-state index contributed by atoms with van der Waals surface area (Å²) in [7, 11) is 5.35. The minimum absolute atomic E-state index is 0. The van der Waals surface area contributed by atoms with Gasteiger partial charge in [0.1, 0.15) is 0 Å². The molecule has 0 unspecified atom stereocenters. The Bertz CT molecular complexity index is 3390. The number of hydrogen-bond donors (Lipinski definition) is 7. The van der Waals surface area contributed by atoms with Crippen molar-refractivity contribution in [2.45, 2.75) is 105 Å². The summed E-state index contributed by atoms with van der Waals surface area (Å²) in [6, 6.07) is 12.7. The number of carboxylic acid groups (broad SMARTS) is 1. The number of amides is 5. The fourth-order valence-corrected chi connectivity index (χ4v) is 8.72. The van der Waals surface area contributed by atoms with Crippen LogP contribution in [0.15, 0.2) is 48.5 Å². The Hall–Kier alpha value is -9.54. The maximum Gasteiger partial charge on any atom is 0.314 e. The van der Waals surface area contributed by atoms with E-state index in [9.17, 15) is 59.1 Å². The molecule has 3 aliphatic heterocycles. The van der Waals surface area contributed by atoms with Gasteiger partial charge in [0.2, 0.25) is 17.2 Å². The topological polar surface area (TPSA) is 480 Å². The number of carbonyl (C=O) groups excluding carboxylic acids is 7. The predicted octanol–water partition coefficient (Wildman–Crippen LogP) is 6.51. The third-order valence-electron chi connectivity index (χ3n) is 14.0. The summed E-state index contributed by atoms with van der Waals surface area (Å²) < 4.78 is 35.7. The van der Waals surface area contributed by atoms with Crippen LogP contribution in [0.25, 0.3) is 0 Å². The summed E-state index contributed by atoms with van der Waals surface area (Å²) in [5.74, 6) is -3.71. The Morgan fingerprint density at radius 3 is 1.00 bits per heavy atom. The van der Waals surface area contributed by atoms with Gasteiger partial charge in [-0.3, -0.25) is 59.1 Å². The van der Waals surface area contributed by atoms with Crippen molar-refractivity contribution in [3.63, 3.8) is 0 Å². The van der Waals surface area contributed by atoms with Crippen LogP contribution in [0.5, 0.6) is 23.0 Å². The standard InChI is InChI=1S/C17H23N3O6.C17H25N3O4.C13H15ClN2O5.C11H16N2O3.C4H9NO.CH2O2.H3N/c1-17(2,3)11-9-12(14(25-4)13(10-11)20(23)24)18-15(21)16(22)19-5-7-26-8-6-19;1-17(2,3)11-9-12(18)14(23-4)13(10-11)19-15(21)16(22)20-5-7-24-8-6-20;1-13(2,3)7-5-8(15-12(18)11(14)17)10(21-4)9(6-7)16(19)20;1-11(2,3)7-5-8(12)10(16-4)9(6-7)13(14)15;1-3-6-4-2-5-1;2-1-3;/h9-10H,5-8H2,1-4H3,(H,18,21);9-10H,5-8,18H2,1-4H3,(H,19,21);5-6H,1-4H3,(H,15,18);5-6H,12H2,1-4H3;5H,1-4H2;1H,(H,2,3);1H3. The first kappa shape index (κ1) is 85.5. The minimum atomic E-state index is -1.22. The van der Waals surface area contributed by atoms with Gasteiger partial charge in [-0.15, -0.1) is 0 Å². The van der Waals surface area contributed by atoms with Crippen molar-refractivity contribution in [1.82, 2.24) is 21.3 Å². The molecule has 0 spiro atoms. The average molecular weight is 1390 g/mol. The lowest BCUT2D eigenvalue weighted by Gasteiger charge is -2.26. The number of nitrogens with two attached hydrogens (primary N) is 2. The second-order valence-corrected chi connectivity index (χ2v) is 25.4. The molecule has 97 heavy (non-hydrogen) atoms. The molecule has 3 fully saturated rings. The van der Waals surface area contributed by atoms with E-state index in [2.05, 4.69) is 21.3 Å². The summed E-state index contributed by atoms with van der Waals surface area (Å²) in [4.78, 5) is 114. The number of anilines is 5. The number of ether oxygens (including phenoxy) is 7. The molecule has 3 aliphatic rings. The summed E-state index contributed by atoms with van der Waals surface area (Å²) in [6.45, 7) is 29.7. The highest BCUT2D eigenvalue weighted by atomic mass is 35.5. The van der Waals surface area contributed by atoms with Crippen LogP contribution >= 0.6 is 11.6 Å². The first-order valence-corrected chi connectivity index (χ1v) is 30.1. The number of quaternary nitrogens is 1. The molecule has 34 heteroatoms. The van der Waals surface area contributed by atoms with E-state index in [0.717, 1.165) is 37.4 Å². The molecule has 12 N–H and O–H groups in total. The molecule has 4 aromatic rings. The van der Waals surface area contributed by atoms with E-state index in [1.54, 1.807) is 18.2 Å². The SMILES string of the molecule is C1COCCN1.COc1c(N)cc(C(C)(C)C)cc1NC(=O)C(=O)N1CCOCC1.COc1c(N)cc(C(C)(C)C)cc1[N+](=O)[O-].COc1c(NC(=O)C(=O)Cl)cc(C(C)(C)C)cc1[N+](=O)[O-].COc1c(NC(=O)C(=O)N2CCOCC2)cc(C(C)(C)C)cc1[N+](=O)[O-].O=C[O-].[NH4+]. The van der Waals surface area contributed by atoms with Crippen LogP contribution < -0.4 is 62.9 Å². The zero-order chi connectivity index (χ0) is 73.2. The summed E-state index contributed by atoms with van der Waals surface area (Å²) >= 11 is 5.08. The van der Waals surface area contributed by atoms with Gasteiger partial charge in [-0.05, 0) is 85.8 Å². The molecular formula is C63H93ClN12O21. The van der Waals surface area contributed by atoms with Crippen molar-refractivity contribution in [1.29, 1.82) is 0 Å². The third-order valence-corrected chi connectivity index (χ3v) is 14.2. The van der Waals surface area contributed by atoms with E-state index in [4.69, 9.17) is 66.1 Å². The first-order valence-electron chi connectivity index (χ1n) is 29.7. The van der Waals surface area contributed by atoms with Crippen molar-refractivity contribution in [3.8, 4) is 23.0 Å². The van der Waals surface area contributed by atoms with E-state index in [-0.39, 0.29) is 62.7 Å². The number of nitro benzene ring substituents is 3. The largest absolute Gasteiger partial charge is 0.554 e. The van der Waals surface area contributed by atoms with Crippen LogP contribution in [0.1, 0.15) is 105 Å². The molecule has 0 bridgehead atoms. The lowest BCUT2D eigenvalue weighted by Crippen LogP contribution is -2.45. The number of hydrogen-bond acceptors (Lipinski definition) is 24. The third kappa shape index (κ3) is 26.5. The van der Waals surface area contributed by atoms with Gasteiger partial charge in [-0.25, -0.2) is 0 Å². The number of nitrogens with one attached hydrogen (secondary N) is 4. The van der Waals surface area contributed by atoms with Crippen molar-refractivity contribution >= 4 is 98.4 Å². The molecule has 0 aromatic heterocycles. The van der Waals surface area contributed by atoms with Gasteiger partial charge >= 0.3 is 51.8 Å². The highest BCUT2D eigenvalue weighted by Gasteiger charge is 2.32. The molecule has 0 atom stereocenters. The van der Waals surface area contributed by atoms with Gasteiger partial charge in [0.05, 0.1) is 111 Å². The maximum absolute atomic E-state index is 12.4. The lowest BCUT2D eigenvalue weighted by molar-refractivity contribution is -0.385. The summed E-state index contributed by atoms with van der Waals surface area (Å²) in [5, 5.41) is 50.9. The Morgan fingerprint density at radius 2 is 0.742 bits per heavy atom. The highest BCUT2D eigenvalue weighted by molar-refractivity contribution is 6.82. The Balaban J connectivity index is 0.000000623. The lowest BCUT2D eigenvalue weighted by atomic mass is 9.86. The molecule has 3 heterocycles. The molecule has 3 saturated heterocycles. The Labute approximate surface area is 567 Å². The fraction of sp³-hybridized carbons (Fsp3) is 0.508. The van der Waals surface area contributed by atoms with Crippen LogP contribution in [-0.4, -0.2) is 173 Å². The van der Waals surface area contributed by atoms with Gasteiger partial charge in [-0.2, -0.15) is 0 Å². The number of nitro groups is 3. The average Bonchev–Trinajstić information content (AvgIpc) is 0.824. The zero-order valence-corrected chi connectivity index (χ0v) is 58.8. The van der Waals surface area contributed by atoms with Crippen molar-refractivity contribution < 1.29 is 86.6 Å². The van der Waals surface area contributed by atoms with E-state index in [0.29, 0.717) is 86.5 Å². The van der Waals surface area contributed by atoms with Gasteiger partial charge in [0.25, 0.3) is 0 Å². The predicted molar refractivity (Wildman–Crippen MR) is 363 cm³/mol. The van der Waals surface area contributed by atoms with Crippen LogP contribution in [0.4, 0.5) is 45.5 Å². The number of nitrogen functional groups attached to an aromatic ring is 2. The minimum Gasteiger partial charge on any atom is -0.554 e. The molecule has 538 valence electrons. The van der Waals surface area contributed by atoms with Crippen LogP contribution in [0.3, 0.4) is 0 Å². The monoisotopic (exact) mass is 1390 g/mol. The van der Waals surface area contributed by atoms with Gasteiger partial charge in [-0.1, -0.05) is 83.1 Å². The van der Waals surface area contributed by atoms with E-state index in [1.165, 1.54) is 62.5 Å². The molecule has 4 aromatic carbocycles. The number of morpholine rings is 3. The smallest absolute Gasteiger partial charge is 0.314 e. The molecule has 0 radical (unpaired) electrons. The summed E-state index contributed by atoms with van der Waals surface area (Å²) in [5.41, 5.74) is 14.2. The zero-order valence-electron chi connectivity index (χ0n) is 58.0. The van der Waals surface area contributed by atoms with Crippen LogP contribution in [0.2, 0.25) is 0 Å². The number of carbonyl (C=O) groups is 7. The summed E-state index contributed by atoms with van der Waals surface area (Å²) in [6.07, 6.45) is 0. The maximum atomic E-state index is 12.4. The van der Waals surface area contributed by atoms with Crippen LogP contribution in [-0.2, 0) is 69.4 Å². The Morgan fingerprint density at radius 1 is 0.485 bits per heavy atom. The Kier molecular flexibility index (Phi) is 34.2. The van der Waals surface area contributed by atoms with Gasteiger partial charge in [0.15, 0.2) is 5.75 Å². The van der Waals surface area contributed by atoms with E-state index < -0.39 is 66.9 Å². The van der Waals surface area contributed by atoms with Crippen molar-refractivity contribution in [2.75, 3.05) is 135 Å². The molecule has 0 aliphatic carbocycles. The number of halogens is 1. The van der Waals surface area contributed by atoms with Crippen molar-refractivity contribution in [3.05, 3.63) is 101 Å². The number of benzene rings is 4. The second kappa shape index (κ2) is 38.9. The van der Waals surface area contributed by atoms with E-state index in [1.807, 2.05) is 89.2 Å². The molecule has 7 rings (SSSR count). The highest BCUT2D eigenvalue weighted by Crippen LogP contribution is 2.43. The molecular weight excluding hydrogens is 1300 g/mol. The normalized spacial score (nSPS) is 13.5. The second-order valence-electron chi connectivity index (χ2n) is 25.1. The quantitative estimate of drug-likeness (QED) is 0.0210.